The van der Waals surface area contributed by atoms with E-state index in [2.05, 4.69) is 48.5 Å². The topological polar surface area (TPSA) is 18.5 Å². The molecule has 2 rings (SSSR count). The summed E-state index contributed by atoms with van der Waals surface area (Å²) in [6.45, 7) is 16.0. The molecule has 0 N–H and O–H groups in total. The summed E-state index contributed by atoms with van der Waals surface area (Å²) in [5, 5.41) is 0. The first kappa shape index (κ1) is 26.3. The number of para-hydroxylation sites is 2. The van der Waals surface area contributed by atoms with E-state index in [-0.39, 0.29) is 16.7 Å². The van der Waals surface area contributed by atoms with Crippen molar-refractivity contribution >= 4 is 0 Å². The van der Waals surface area contributed by atoms with Gasteiger partial charge in [0.2, 0.25) is 0 Å². The molecule has 32 heavy (non-hydrogen) atoms. The SMILES string of the molecule is CCCCCCCCC(C(C)(C)C)C(Oc1ccccc1)(Oc1ccccc1)C(C)(C)C. The van der Waals surface area contributed by atoms with Crippen molar-refractivity contribution in [3.05, 3.63) is 60.7 Å². The van der Waals surface area contributed by atoms with Crippen LogP contribution in [-0.2, 0) is 0 Å². The van der Waals surface area contributed by atoms with E-state index < -0.39 is 5.79 Å². The minimum absolute atomic E-state index is 0.0141. The fourth-order valence-electron chi connectivity index (χ4n) is 4.64. The van der Waals surface area contributed by atoms with Gasteiger partial charge in [0.25, 0.3) is 5.79 Å². The number of unbranched alkanes of at least 4 members (excludes halogenated alkanes) is 5. The molecule has 0 radical (unpaired) electrons. The predicted octanol–water partition coefficient (Wildman–Crippen LogP) is 9.30. The van der Waals surface area contributed by atoms with Gasteiger partial charge >= 0.3 is 0 Å². The van der Waals surface area contributed by atoms with Crippen molar-refractivity contribution < 1.29 is 9.47 Å². The molecule has 0 aliphatic carbocycles. The lowest BCUT2D eigenvalue weighted by atomic mass is 9.65. The first-order valence-corrected chi connectivity index (χ1v) is 12.6. The number of hydrogen-bond donors (Lipinski definition) is 0. The summed E-state index contributed by atoms with van der Waals surface area (Å²) in [6, 6.07) is 20.4. The molecule has 178 valence electrons. The fraction of sp³-hybridized carbons (Fsp3) is 0.600. The van der Waals surface area contributed by atoms with Gasteiger partial charge < -0.3 is 9.47 Å². The highest BCUT2D eigenvalue weighted by Gasteiger charge is 2.56. The molecule has 0 aliphatic heterocycles. The summed E-state index contributed by atoms with van der Waals surface area (Å²) in [5.41, 5.74) is -0.237. The summed E-state index contributed by atoms with van der Waals surface area (Å²) < 4.78 is 13.9. The van der Waals surface area contributed by atoms with Crippen molar-refractivity contribution in [2.45, 2.75) is 99.2 Å². The molecule has 2 aromatic rings. The Hall–Kier alpha value is -1.96. The van der Waals surface area contributed by atoms with Gasteiger partial charge in [-0.2, -0.15) is 0 Å². The minimum Gasteiger partial charge on any atom is -0.451 e. The van der Waals surface area contributed by atoms with Crippen molar-refractivity contribution in [2.24, 2.45) is 16.7 Å². The van der Waals surface area contributed by atoms with Crippen LogP contribution in [0.5, 0.6) is 11.5 Å². The summed E-state index contributed by atoms with van der Waals surface area (Å²) in [5.74, 6) is 1.12. The van der Waals surface area contributed by atoms with Crippen LogP contribution in [0, 0.1) is 16.7 Å². The van der Waals surface area contributed by atoms with Crippen LogP contribution < -0.4 is 9.47 Å². The van der Waals surface area contributed by atoms with Gasteiger partial charge in [-0.15, -0.1) is 0 Å². The molecule has 0 fully saturated rings. The van der Waals surface area contributed by atoms with Gasteiger partial charge in [-0.1, -0.05) is 123 Å². The lowest BCUT2D eigenvalue weighted by Gasteiger charge is -2.52. The van der Waals surface area contributed by atoms with Crippen molar-refractivity contribution in [2.75, 3.05) is 0 Å². The van der Waals surface area contributed by atoms with Crippen LogP contribution >= 0.6 is 0 Å². The number of benzene rings is 2. The quantitative estimate of drug-likeness (QED) is 0.243. The minimum atomic E-state index is -0.808. The maximum Gasteiger partial charge on any atom is 0.259 e. The Bertz CT molecular complexity index is 711. The Morgan fingerprint density at radius 3 is 1.47 bits per heavy atom. The Balaban J connectivity index is 2.45. The highest BCUT2D eigenvalue weighted by Crippen LogP contribution is 2.50. The molecular formula is C30H46O2. The van der Waals surface area contributed by atoms with Crippen LogP contribution in [-0.4, -0.2) is 5.79 Å². The van der Waals surface area contributed by atoms with Gasteiger partial charge in [0.05, 0.1) is 0 Å². The molecule has 0 aromatic heterocycles. The van der Waals surface area contributed by atoms with E-state index in [0.29, 0.717) is 0 Å². The zero-order chi connectivity index (χ0) is 23.7. The van der Waals surface area contributed by atoms with Crippen LogP contribution in [0.3, 0.4) is 0 Å². The van der Waals surface area contributed by atoms with E-state index in [1.165, 1.54) is 38.5 Å². The molecule has 0 heterocycles. The Morgan fingerprint density at radius 1 is 0.625 bits per heavy atom. The highest BCUT2D eigenvalue weighted by molar-refractivity contribution is 5.26. The molecule has 0 amide bonds. The number of ether oxygens (including phenoxy) is 2. The molecule has 1 unspecified atom stereocenters. The van der Waals surface area contributed by atoms with Crippen LogP contribution in [0.15, 0.2) is 60.7 Å². The van der Waals surface area contributed by atoms with Crippen LogP contribution in [0.4, 0.5) is 0 Å². The number of rotatable bonds is 12. The second-order valence-electron chi connectivity index (χ2n) is 11.2. The predicted molar refractivity (Wildman–Crippen MR) is 137 cm³/mol. The molecule has 2 aromatic carbocycles. The molecule has 0 bridgehead atoms. The molecule has 0 spiro atoms. The Labute approximate surface area is 197 Å². The first-order valence-electron chi connectivity index (χ1n) is 12.6. The van der Waals surface area contributed by atoms with E-state index in [1.54, 1.807) is 0 Å². The van der Waals surface area contributed by atoms with Gasteiger partial charge in [0, 0.05) is 11.3 Å². The molecule has 1 atom stereocenters. The summed E-state index contributed by atoms with van der Waals surface area (Å²) in [6.07, 6.45) is 8.81. The lowest BCUT2D eigenvalue weighted by molar-refractivity contribution is -0.244. The summed E-state index contributed by atoms with van der Waals surface area (Å²) >= 11 is 0. The lowest BCUT2D eigenvalue weighted by Crippen LogP contribution is -2.61. The van der Waals surface area contributed by atoms with Crippen molar-refractivity contribution in [1.29, 1.82) is 0 Å². The van der Waals surface area contributed by atoms with E-state index in [4.69, 9.17) is 9.47 Å². The van der Waals surface area contributed by atoms with Gasteiger partial charge in [-0.25, -0.2) is 0 Å². The third kappa shape index (κ3) is 7.29. The van der Waals surface area contributed by atoms with Crippen molar-refractivity contribution in [3.8, 4) is 11.5 Å². The van der Waals surface area contributed by atoms with Crippen molar-refractivity contribution in [1.82, 2.24) is 0 Å². The molecule has 2 heteroatoms. The second kappa shape index (κ2) is 11.8. The molecule has 0 saturated carbocycles. The third-order valence-corrected chi connectivity index (χ3v) is 6.42. The molecule has 0 saturated heterocycles. The third-order valence-electron chi connectivity index (χ3n) is 6.42. The molecule has 2 nitrogen and oxygen atoms in total. The first-order chi connectivity index (χ1) is 15.1. The maximum absolute atomic E-state index is 6.93. The van der Waals surface area contributed by atoms with Gasteiger partial charge in [-0.3, -0.25) is 0 Å². The van der Waals surface area contributed by atoms with E-state index >= 15 is 0 Å². The maximum atomic E-state index is 6.93. The second-order valence-corrected chi connectivity index (χ2v) is 11.2. The van der Waals surface area contributed by atoms with Gasteiger partial charge in [0.1, 0.15) is 11.5 Å². The van der Waals surface area contributed by atoms with E-state index in [1.807, 2.05) is 60.7 Å². The number of hydrogen-bond acceptors (Lipinski definition) is 2. The smallest absolute Gasteiger partial charge is 0.259 e. The van der Waals surface area contributed by atoms with Gasteiger partial charge in [0.15, 0.2) is 0 Å². The van der Waals surface area contributed by atoms with Crippen LogP contribution in [0.1, 0.15) is 93.4 Å². The fourth-order valence-corrected chi connectivity index (χ4v) is 4.64. The van der Waals surface area contributed by atoms with E-state index in [0.717, 1.165) is 17.9 Å². The summed E-state index contributed by atoms with van der Waals surface area (Å²) in [7, 11) is 0. The van der Waals surface area contributed by atoms with E-state index in [9.17, 15) is 0 Å². The Morgan fingerprint density at radius 2 is 1.06 bits per heavy atom. The zero-order valence-electron chi connectivity index (χ0n) is 21.6. The normalized spacial score (nSPS) is 13.6. The van der Waals surface area contributed by atoms with Crippen LogP contribution in [0.25, 0.3) is 0 Å². The Kier molecular flexibility index (Phi) is 9.67. The standard InChI is InChI=1S/C30H46O2/c1-8-9-10-11-12-19-24-27(28(2,3)4)30(29(5,6)7,31-25-20-15-13-16-21-25)32-26-22-17-14-18-23-26/h13-18,20-23,27H,8-12,19,24H2,1-7H3. The molecule has 0 aliphatic rings. The average molecular weight is 439 g/mol. The average Bonchev–Trinajstić information content (AvgIpc) is 2.72. The molecular weight excluding hydrogens is 392 g/mol. The largest absolute Gasteiger partial charge is 0.451 e. The zero-order valence-corrected chi connectivity index (χ0v) is 21.6. The van der Waals surface area contributed by atoms with Crippen LogP contribution in [0.2, 0.25) is 0 Å². The summed E-state index contributed by atoms with van der Waals surface area (Å²) in [4.78, 5) is 0. The highest BCUT2D eigenvalue weighted by atomic mass is 16.7. The van der Waals surface area contributed by atoms with Crippen molar-refractivity contribution in [3.63, 3.8) is 0 Å². The monoisotopic (exact) mass is 438 g/mol. The van der Waals surface area contributed by atoms with Gasteiger partial charge in [-0.05, 0) is 36.1 Å².